The van der Waals surface area contributed by atoms with Crippen LogP contribution >= 0.6 is 0 Å². The summed E-state index contributed by atoms with van der Waals surface area (Å²) in [6.07, 6.45) is 2.23. The molecule has 2 atom stereocenters. The van der Waals surface area contributed by atoms with Gasteiger partial charge in [0, 0.05) is 23.8 Å². The van der Waals surface area contributed by atoms with Crippen molar-refractivity contribution in [3.63, 3.8) is 0 Å². The molecular weight excluding hydrogens is 294 g/mol. The van der Waals surface area contributed by atoms with Crippen LogP contribution in [0.3, 0.4) is 0 Å². The average Bonchev–Trinajstić information content (AvgIpc) is 2.99. The summed E-state index contributed by atoms with van der Waals surface area (Å²) in [5.41, 5.74) is 2.92. The molecule has 2 rings (SSSR count). The van der Waals surface area contributed by atoms with Crippen LogP contribution in [0.2, 0.25) is 0 Å². The molecule has 1 saturated carbocycles. The number of amides is 1. The smallest absolute Gasteiger partial charge is 0.306 e. The number of rotatable bonds is 6. The van der Waals surface area contributed by atoms with Gasteiger partial charge >= 0.3 is 5.97 Å². The fourth-order valence-electron chi connectivity index (χ4n) is 3.29. The van der Waals surface area contributed by atoms with Crippen molar-refractivity contribution in [3.8, 4) is 0 Å². The third kappa shape index (κ3) is 4.33. The van der Waals surface area contributed by atoms with Crippen molar-refractivity contribution in [2.75, 3.05) is 0 Å². The molecule has 0 aromatic carbocycles. The molecule has 1 heterocycles. The van der Waals surface area contributed by atoms with E-state index in [0.29, 0.717) is 25.2 Å². The second kappa shape index (κ2) is 7.15. The fraction of sp³-hybridized carbons (Fsp3) is 0.706. The first kappa shape index (κ1) is 17.5. The molecule has 0 saturated heterocycles. The van der Waals surface area contributed by atoms with Crippen LogP contribution < -0.4 is 5.32 Å². The molecule has 1 amide bonds. The van der Waals surface area contributed by atoms with Gasteiger partial charge in [-0.2, -0.15) is 5.10 Å². The highest BCUT2D eigenvalue weighted by Gasteiger charge is 2.30. The minimum Gasteiger partial charge on any atom is -0.481 e. The van der Waals surface area contributed by atoms with E-state index < -0.39 is 5.97 Å². The van der Waals surface area contributed by atoms with Gasteiger partial charge in [0.2, 0.25) is 5.91 Å². The van der Waals surface area contributed by atoms with E-state index in [1.807, 2.05) is 18.5 Å². The first-order chi connectivity index (χ1) is 10.8. The molecule has 23 heavy (non-hydrogen) atoms. The quantitative estimate of drug-likeness (QED) is 0.840. The molecule has 1 aromatic heterocycles. The van der Waals surface area contributed by atoms with E-state index in [9.17, 15) is 9.59 Å². The largest absolute Gasteiger partial charge is 0.481 e. The fourth-order valence-corrected chi connectivity index (χ4v) is 3.29. The Bertz CT molecular complexity index is 592. The molecule has 6 nitrogen and oxygen atoms in total. The minimum atomic E-state index is -0.761. The Morgan fingerprint density at radius 1 is 1.35 bits per heavy atom. The van der Waals surface area contributed by atoms with Gasteiger partial charge in [-0.25, -0.2) is 0 Å². The van der Waals surface area contributed by atoms with Gasteiger partial charge in [-0.1, -0.05) is 13.8 Å². The number of hydrogen-bond acceptors (Lipinski definition) is 3. The summed E-state index contributed by atoms with van der Waals surface area (Å²) < 4.78 is 1.97. The highest BCUT2D eigenvalue weighted by atomic mass is 16.4. The van der Waals surface area contributed by atoms with Gasteiger partial charge in [0.15, 0.2) is 0 Å². The van der Waals surface area contributed by atoms with Crippen molar-refractivity contribution in [2.45, 2.75) is 66.0 Å². The monoisotopic (exact) mass is 321 g/mol. The van der Waals surface area contributed by atoms with Gasteiger partial charge < -0.3 is 10.4 Å². The van der Waals surface area contributed by atoms with Gasteiger partial charge in [-0.3, -0.25) is 14.3 Å². The van der Waals surface area contributed by atoms with Gasteiger partial charge in [0.05, 0.1) is 18.0 Å². The lowest BCUT2D eigenvalue weighted by molar-refractivity contribution is -0.141. The van der Waals surface area contributed by atoms with Crippen LogP contribution in [0.25, 0.3) is 0 Å². The summed E-state index contributed by atoms with van der Waals surface area (Å²) in [5.74, 6) is -0.626. The number of carboxylic acids is 1. The molecule has 1 aromatic rings. The van der Waals surface area contributed by atoms with E-state index in [-0.39, 0.29) is 17.9 Å². The zero-order chi connectivity index (χ0) is 17.1. The number of aromatic nitrogens is 2. The number of carbonyl (C=O) groups is 2. The predicted molar refractivity (Wildman–Crippen MR) is 87.2 cm³/mol. The Morgan fingerprint density at radius 2 is 2.04 bits per heavy atom. The third-order valence-electron chi connectivity index (χ3n) is 4.55. The van der Waals surface area contributed by atoms with E-state index in [1.54, 1.807) is 0 Å². The summed E-state index contributed by atoms with van der Waals surface area (Å²) in [6.45, 7) is 9.06. The van der Waals surface area contributed by atoms with E-state index in [2.05, 4.69) is 24.3 Å². The molecule has 0 aliphatic heterocycles. The third-order valence-corrected chi connectivity index (χ3v) is 4.55. The van der Waals surface area contributed by atoms with Crippen molar-refractivity contribution >= 4 is 11.9 Å². The number of carboxylic acid groups (broad SMARTS) is 1. The van der Waals surface area contributed by atoms with Crippen LogP contribution in [0.4, 0.5) is 0 Å². The number of aryl methyl sites for hydroxylation is 1. The van der Waals surface area contributed by atoms with Crippen molar-refractivity contribution in [1.82, 2.24) is 15.1 Å². The van der Waals surface area contributed by atoms with Crippen LogP contribution in [0.15, 0.2) is 0 Å². The van der Waals surface area contributed by atoms with Crippen molar-refractivity contribution in [2.24, 2.45) is 11.8 Å². The van der Waals surface area contributed by atoms with Crippen LogP contribution in [-0.2, 0) is 22.6 Å². The first-order valence-electron chi connectivity index (χ1n) is 8.33. The van der Waals surface area contributed by atoms with Crippen molar-refractivity contribution < 1.29 is 14.7 Å². The van der Waals surface area contributed by atoms with Gasteiger partial charge in [-0.05, 0) is 39.0 Å². The molecule has 6 heteroatoms. The summed E-state index contributed by atoms with van der Waals surface area (Å²) >= 11 is 0. The van der Waals surface area contributed by atoms with Crippen LogP contribution in [0.1, 0.15) is 50.1 Å². The molecule has 0 unspecified atom stereocenters. The maximum absolute atomic E-state index is 12.3. The zero-order valence-corrected chi connectivity index (χ0v) is 14.4. The lowest BCUT2D eigenvalue weighted by atomic mass is 10.1. The molecule has 128 valence electrons. The summed E-state index contributed by atoms with van der Waals surface area (Å²) in [5, 5.41) is 16.5. The highest BCUT2D eigenvalue weighted by Crippen LogP contribution is 2.26. The lowest BCUT2D eigenvalue weighted by Gasteiger charge is -2.13. The number of nitrogens with zero attached hydrogens (tertiary/aromatic N) is 2. The molecule has 0 spiro atoms. The van der Waals surface area contributed by atoms with Gasteiger partial charge in [0.1, 0.15) is 0 Å². The predicted octanol–water partition coefficient (Wildman–Crippen LogP) is 2.07. The Balaban J connectivity index is 1.96. The maximum Gasteiger partial charge on any atom is 0.306 e. The minimum absolute atomic E-state index is 0.0186. The molecule has 1 fully saturated rings. The van der Waals surface area contributed by atoms with Crippen LogP contribution in [0, 0.1) is 25.7 Å². The lowest BCUT2D eigenvalue weighted by Crippen LogP contribution is -2.34. The van der Waals surface area contributed by atoms with Crippen molar-refractivity contribution in [3.05, 3.63) is 17.0 Å². The number of aliphatic carboxylic acids is 1. The zero-order valence-electron chi connectivity index (χ0n) is 14.4. The standard InChI is InChI=1S/C17H27N3O3/c1-10(2)9-20-12(4)15(11(3)19-20)8-16(21)18-14-6-5-13(7-14)17(22)23/h10,13-14H,5-9H2,1-4H3,(H,18,21)(H,22,23)/t13-,14+/m1/s1. The average molecular weight is 321 g/mol. The number of nitrogens with one attached hydrogen (secondary N) is 1. The molecule has 0 bridgehead atoms. The second-order valence-corrected chi connectivity index (χ2v) is 7.01. The summed E-state index contributed by atoms with van der Waals surface area (Å²) in [6, 6.07) is -0.0186. The normalized spacial score (nSPS) is 20.9. The topological polar surface area (TPSA) is 84.2 Å². The van der Waals surface area contributed by atoms with Gasteiger partial charge in [-0.15, -0.1) is 0 Å². The molecule has 0 radical (unpaired) electrons. The Labute approximate surface area is 137 Å². The maximum atomic E-state index is 12.3. The molecule has 2 N–H and O–H groups in total. The first-order valence-corrected chi connectivity index (χ1v) is 8.33. The highest BCUT2D eigenvalue weighted by molar-refractivity contribution is 5.79. The Kier molecular flexibility index (Phi) is 5.44. The number of carbonyl (C=O) groups excluding carboxylic acids is 1. The molecule has 1 aliphatic rings. The van der Waals surface area contributed by atoms with Crippen LogP contribution in [-0.4, -0.2) is 32.8 Å². The van der Waals surface area contributed by atoms with Crippen LogP contribution in [0.5, 0.6) is 0 Å². The van der Waals surface area contributed by atoms with E-state index >= 15 is 0 Å². The second-order valence-electron chi connectivity index (χ2n) is 7.01. The summed E-state index contributed by atoms with van der Waals surface area (Å²) in [4.78, 5) is 23.3. The van der Waals surface area contributed by atoms with E-state index in [4.69, 9.17) is 5.11 Å². The van der Waals surface area contributed by atoms with Gasteiger partial charge in [0.25, 0.3) is 0 Å². The molecule has 1 aliphatic carbocycles. The van der Waals surface area contributed by atoms with E-state index in [0.717, 1.165) is 29.9 Å². The summed E-state index contributed by atoms with van der Waals surface area (Å²) in [7, 11) is 0. The van der Waals surface area contributed by atoms with Crippen molar-refractivity contribution in [1.29, 1.82) is 0 Å². The Morgan fingerprint density at radius 3 is 2.61 bits per heavy atom. The SMILES string of the molecule is Cc1nn(CC(C)C)c(C)c1CC(=O)N[C@H]1CC[C@@H](C(=O)O)C1. The molecular formula is C17H27N3O3. The van der Waals surface area contributed by atoms with E-state index in [1.165, 1.54) is 0 Å². The Hall–Kier alpha value is -1.85. The number of hydrogen-bond donors (Lipinski definition) is 2.